The van der Waals surface area contributed by atoms with Crippen LogP contribution in [0.3, 0.4) is 0 Å². The molecule has 0 aliphatic heterocycles. The van der Waals surface area contributed by atoms with Gasteiger partial charge in [-0.05, 0) is 23.6 Å². The van der Waals surface area contributed by atoms with Crippen molar-refractivity contribution in [2.24, 2.45) is 4.99 Å². The Bertz CT molecular complexity index is 602. The minimum atomic E-state index is 0. The van der Waals surface area contributed by atoms with Crippen LogP contribution in [0.4, 0.5) is 0 Å². The maximum Gasteiger partial charge on any atom is 0.191 e. The minimum absolute atomic E-state index is 0. The first-order valence-electron chi connectivity index (χ1n) is 7.57. The van der Waals surface area contributed by atoms with E-state index >= 15 is 0 Å². The molecular weight excluding hydrogens is 401 g/mol. The summed E-state index contributed by atoms with van der Waals surface area (Å²) in [7, 11) is 0. The van der Waals surface area contributed by atoms with Gasteiger partial charge in [-0.15, -0.1) is 24.0 Å². The van der Waals surface area contributed by atoms with E-state index in [9.17, 15) is 5.11 Å². The molecule has 0 aliphatic carbocycles. The Morgan fingerprint density at radius 1 is 0.957 bits per heavy atom. The van der Waals surface area contributed by atoms with Crippen molar-refractivity contribution >= 4 is 29.9 Å². The van der Waals surface area contributed by atoms with Crippen molar-refractivity contribution in [3.63, 3.8) is 0 Å². The summed E-state index contributed by atoms with van der Waals surface area (Å²) in [6.07, 6.45) is 0. The third-order valence-corrected chi connectivity index (χ3v) is 3.34. The highest BCUT2D eigenvalue weighted by Gasteiger charge is 2.02. The second-order valence-electron chi connectivity index (χ2n) is 4.96. The zero-order valence-electron chi connectivity index (χ0n) is 13.3. The molecule has 5 heteroatoms. The molecule has 0 bridgehead atoms. The molecule has 0 saturated heterocycles. The molecule has 3 N–H and O–H groups in total. The highest BCUT2D eigenvalue weighted by Crippen LogP contribution is 2.08. The normalized spacial score (nSPS) is 10.8. The zero-order valence-corrected chi connectivity index (χ0v) is 15.7. The summed E-state index contributed by atoms with van der Waals surface area (Å²) in [5.41, 5.74) is 3.19. The second-order valence-corrected chi connectivity index (χ2v) is 4.96. The standard InChI is InChI=1S/C18H23N3O.HI/c1-2-19-18(20-12-15-8-4-3-5-9-15)21-13-16-10-6-7-11-17(16)14-22;/h3-11,22H,2,12-14H2,1H3,(H2,19,20,21);1H. The van der Waals surface area contributed by atoms with Gasteiger partial charge in [-0.25, -0.2) is 4.99 Å². The van der Waals surface area contributed by atoms with E-state index in [4.69, 9.17) is 0 Å². The van der Waals surface area contributed by atoms with Crippen LogP contribution in [0.2, 0.25) is 0 Å². The molecule has 0 aromatic heterocycles. The number of rotatable bonds is 6. The number of nitrogens with zero attached hydrogens (tertiary/aromatic N) is 1. The highest BCUT2D eigenvalue weighted by molar-refractivity contribution is 14.0. The molecule has 2 aromatic carbocycles. The number of nitrogens with one attached hydrogen (secondary N) is 2. The fraction of sp³-hybridized carbons (Fsp3) is 0.278. The van der Waals surface area contributed by atoms with E-state index in [2.05, 4.69) is 27.8 Å². The quantitative estimate of drug-likeness (QED) is 0.379. The first kappa shape index (κ1) is 19.4. The smallest absolute Gasteiger partial charge is 0.191 e. The van der Waals surface area contributed by atoms with Gasteiger partial charge in [0.1, 0.15) is 0 Å². The Hall–Kier alpha value is -1.60. The number of halogens is 1. The maximum atomic E-state index is 9.37. The van der Waals surface area contributed by atoms with Crippen LogP contribution in [0.25, 0.3) is 0 Å². The van der Waals surface area contributed by atoms with Crippen molar-refractivity contribution in [3.8, 4) is 0 Å². The molecule has 0 fully saturated rings. The highest BCUT2D eigenvalue weighted by atomic mass is 127. The van der Waals surface area contributed by atoms with Gasteiger partial charge in [0.2, 0.25) is 0 Å². The number of benzene rings is 2. The van der Waals surface area contributed by atoms with Crippen molar-refractivity contribution in [2.45, 2.75) is 26.6 Å². The predicted molar refractivity (Wildman–Crippen MR) is 106 cm³/mol. The lowest BCUT2D eigenvalue weighted by atomic mass is 10.1. The van der Waals surface area contributed by atoms with Crippen LogP contribution >= 0.6 is 24.0 Å². The van der Waals surface area contributed by atoms with E-state index in [1.165, 1.54) is 5.56 Å². The molecule has 0 radical (unpaired) electrons. The van der Waals surface area contributed by atoms with Crippen molar-refractivity contribution in [1.29, 1.82) is 0 Å². The molecule has 0 amide bonds. The Labute approximate surface area is 155 Å². The summed E-state index contributed by atoms with van der Waals surface area (Å²) in [4.78, 5) is 4.59. The Kier molecular flexibility index (Phi) is 9.31. The van der Waals surface area contributed by atoms with Crippen molar-refractivity contribution in [2.75, 3.05) is 6.54 Å². The van der Waals surface area contributed by atoms with Gasteiger partial charge in [0, 0.05) is 13.1 Å². The molecule has 0 heterocycles. The van der Waals surface area contributed by atoms with E-state index in [0.29, 0.717) is 13.1 Å². The third-order valence-electron chi connectivity index (χ3n) is 3.34. The number of hydrogen-bond acceptors (Lipinski definition) is 2. The molecule has 2 aromatic rings. The van der Waals surface area contributed by atoms with Crippen molar-refractivity contribution < 1.29 is 5.11 Å². The van der Waals surface area contributed by atoms with Crippen molar-refractivity contribution in [1.82, 2.24) is 10.6 Å². The molecule has 0 spiro atoms. The van der Waals surface area contributed by atoms with Gasteiger partial charge in [-0.1, -0.05) is 54.6 Å². The molecule has 0 saturated carbocycles. The average molecular weight is 425 g/mol. The number of aliphatic hydroxyl groups excluding tert-OH is 1. The van der Waals surface area contributed by atoms with Crippen LogP contribution in [0.5, 0.6) is 0 Å². The molecule has 124 valence electrons. The number of aliphatic hydroxyl groups is 1. The van der Waals surface area contributed by atoms with Gasteiger partial charge in [0.15, 0.2) is 5.96 Å². The largest absolute Gasteiger partial charge is 0.392 e. The number of guanidine groups is 1. The lowest BCUT2D eigenvalue weighted by molar-refractivity contribution is 0.280. The summed E-state index contributed by atoms with van der Waals surface area (Å²) in [6.45, 7) is 4.17. The predicted octanol–water partition coefficient (Wildman–Crippen LogP) is 3.05. The summed E-state index contributed by atoms with van der Waals surface area (Å²) < 4.78 is 0. The fourth-order valence-corrected chi connectivity index (χ4v) is 2.16. The molecule has 4 nitrogen and oxygen atoms in total. The van der Waals surface area contributed by atoms with E-state index in [1.54, 1.807) is 0 Å². The van der Waals surface area contributed by atoms with Gasteiger partial charge < -0.3 is 15.7 Å². The second kappa shape index (κ2) is 11.0. The van der Waals surface area contributed by atoms with Gasteiger partial charge in [0.05, 0.1) is 13.2 Å². The van der Waals surface area contributed by atoms with E-state index in [-0.39, 0.29) is 30.6 Å². The van der Waals surface area contributed by atoms with Gasteiger partial charge in [-0.2, -0.15) is 0 Å². The van der Waals surface area contributed by atoms with E-state index < -0.39 is 0 Å². The monoisotopic (exact) mass is 425 g/mol. The molecule has 23 heavy (non-hydrogen) atoms. The van der Waals surface area contributed by atoms with Crippen LogP contribution in [-0.2, 0) is 19.7 Å². The van der Waals surface area contributed by atoms with Gasteiger partial charge >= 0.3 is 0 Å². The van der Waals surface area contributed by atoms with Gasteiger partial charge in [-0.3, -0.25) is 0 Å². The Morgan fingerprint density at radius 3 is 2.26 bits per heavy atom. The van der Waals surface area contributed by atoms with Crippen LogP contribution in [-0.4, -0.2) is 17.6 Å². The molecular formula is C18H24IN3O. The Morgan fingerprint density at radius 2 is 1.61 bits per heavy atom. The lowest BCUT2D eigenvalue weighted by Crippen LogP contribution is -2.37. The molecule has 0 unspecified atom stereocenters. The minimum Gasteiger partial charge on any atom is -0.392 e. The van der Waals surface area contributed by atoms with Crippen molar-refractivity contribution in [3.05, 3.63) is 71.3 Å². The fourth-order valence-electron chi connectivity index (χ4n) is 2.16. The Balaban J connectivity index is 0.00000264. The summed E-state index contributed by atoms with van der Waals surface area (Å²) in [5.74, 6) is 0.777. The maximum absolute atomic E-state index is 9.37. The van der Waals surface area contributed by atoms with Gasteiger partial charge in [0.25, 0.3) is 0 Å². The number of hydrogen-bond donors (Lipinski definition) is 3. The first-order valence-corrected chi connectivity index (χ1v) is 7.57. The van der Waals surface area contributed by atoms with Crippen LogP contribution in [0, 0.1) is 0 Å². The summed E-state index contributed by atoms with van der Waals surface area (Å²) in [6, 6.07) is 18.0. The van der Waals surface area contributed by atoms with E-state index in [1.807, 2.05) is 49.4 Å². The average Bonchev–Trinajstić information content (AvgIpc) is 2.58. The lowest BCUT2D eigenvalue weighted by Gasteiger charge is -2.13. The first-order chi connectivity index (χ1) is 10.8. The zero-order chi connectivity index (χ0) is 15.6. The molecule has 2 rings (SSSR count). The molecule has 0 atom stereocenters. The third kappa shape index (κ3) is 6.58. The summed E-state index contributed by atoms with van der Waals surface area (Å²) >= 11 is 0. The number of aliphatic imine (C=N–C) groups is 1. The van der Waals surface area contributed by atoms with Crippen LogP contribution in [0.1, 0.15) is 23.6 Å². The van der Waals surface area contributed by atoms with Crippen LogP contribution in [0.15, 0.2) is 59.6 Å². The topological polar surface area (TPSA) is 56.7 Å². The van der Waals surface area contributed by atoms with Crippen LogP contribution < -0.4 is 10.6 Å². The van der Waals surface area contributed by atoms with E-state index in [0.717, 1.165) is 23.6 Å². The molecule has 0 aliphatic rings. The SMILES string of the molecule is CCNC(=NCc1ccccc1)NCc1ccccc1CO.I. The summed E-state index contributed by atoms with van der Waals surface area (Å²) in [5, 5.41) is 15.9.